The van der Waals surface area contributed by atoms with Gasteiger partial charge < -0.3 is 15.5 Å². The maximum Gasteiger partial charge on any atom is 0.321 e. The van der Waals surface area contributed by atoms with Crippen molar-refractivity contribution in [2.45, 2.75) is 52.6 Å². The molecule has 0 aliphatic carbocycles. The lowest BCUT2D eigenvalue weighted by atomic mass is 10.2. The highest BCUT2D eigenvalue weighted by molar-refractivity contribution is 6.68. The van der Waals surface area contributed by atoms with Crippen LogP contribution in [0.1, 0.15) is 32.6 Å². The van der Waals surface area contributed by atoms with Crippen LogP contribution in [0.4, 0.5) is 4.79 Å². The number of hydrogen-bond donors (Lipinski definition) is 3. The molecule has 0 heterocycles. The molecular weight excluding hydrogens is 421 g/mol. The van der Waals surface area contributed by atoms with Gasteiger partial charge in [0.2, 0.25) is 7.59 Å². The summed E-state index contributed by atoms with van der Waals surface area (Å²) in [6.07, 6.45) is -0.170. The van der Waals surface area contributed by atoms with Gasteiger partial charge in [-0.2, -0.15) is 0 Å². The molecule has 11 heteroatoms. The van der Waals surface area contributed by atoms with Gasteiger partial charge in [-0.25, -0.2) is 4.79 Å². The van der Waals surface area contributed by atoms with Crippen LogP contribution in [-0.2, 0) is 0 Å². The van der Waals surface area contributed by atoms with Gasteiger partial charge in [-0.05, 0) is 6.42 Å². The fourth-order valence-corrected chi connectivity index (χ4v) is 2.02. The highest BCUT2D eigenvalue weighted by Gasteiger charge is 2.40. The van der Waals surface area contributed by atoms with E-state index in [2.05, 4.69) is 0 Å². The van der Waals surface area contributed by atoms with E-state index in [0.717, 1.165) is 24.2 Å². The molecular formula is C11H18Cl6N2O3. The van der Waals surface area contributed by atoms with E-state index in [0.29, 0.717) is 6.42 Å². The number of halogens is 6. The van der Waals surface area contributed by atoms with Crippen LogP contribution in [0.25, 0.3) is 0 Å². The maximum absolute atomic E-state index is 12.1. The zero-order valence-electron chi connectivity index (χ0n) is 11.7. The van der Waals surface area contributed by atoms with Crippen LogP contribution in [0.2, 0.25) is 0 Å². The Morgan fingerprint density at radius 2 is 1.59 bits per heavy atom. The first kappa shape index (κ1) is 22.9. The van der Waals surface area contributed by atoms with Crippen LogP contribution in [0.15, 0.2) is 0 Å². The molecule has 2 amide bonds. The molecule has 0 fully saturated rings. The smallest absolute Gasteiger partial charge is 0.321 e. The molecule has 0 aliphatic heterocycles. The number of amides is 2. The second kappa shape index (κ2) is 10.0. The van der Waals surface area contributed by atoms with Crippen molar-refractivity contribution in [3.05, 3.63) is 0 Å². The minimum atomic E-state index is -2.13. The molecule has 0 radical (unpaired) electrons. The second-order valence-electron chi connectivity index (χ2n) is 4.56. The molecule has 0 bridgehead atoms. The summed E-state index contributed by atoms with van der Waals surface area (Å²) in [5, 5.41) is 21.6. The van der Waals surface area contributed by atoms with Crippen LogP contribution in [-0.4, -0.2) is 47.7 Å². The van der Waals surface area contributed by atoms with E-state index < -0.39 is 26.1 Å². The molecule has 0 aromatic rings. The van der Waals surface area contributed by atoms with Gasteiger partial charge in [0.05, 0.1) is 0 Å². The number of hydrogen-bond acceptors (Lipinski definition) is 3. The number of nitrogens with zero attached hydrogens (tertiary/aromatic N) is 1. The molecule has 0 aromatic carbocycles. The number of carbonyl (C=O) groups excluding carboxylic acids is 1. The Balaban J connectivity index is 4.86. The van der Waals surface area contributed by atoms with E-state index in [1.165, 1.54) is 0 Å². The van der Waals surface area contributed by atoms with Crippen LogP contribution < -0.4 is 5.32 Å². The van der Waals surface area contributed by atoms with Crippen molar-refractivity contribution in [2.75, 3.05) is 6.54 Å². The Bertz CT molecular complexity index is 348. The summed E-state index contributed by atoms with van der Waals surface area (Å²) in [7, 11) is 0. The largest absolute Gasteiger partial charge is 0.369 e. The fourth-order valence-electron chi connectivity index (χ4n) is 1.50. The fraction of sp³-hybridized carbons (Fsp3) is 0.909. The van der Waals surface area contributed by atoms with Crippen molar-refractivity contribution in [3.8, 4) is 0 Å². The van der Waals surface area contributed by atoms with Gasteiger partial charge in [-0.15, -0.1) is 0 Å². The SMILES string of the molecule is CCCCCCN(C(=O)NC(O)C(Cl)(Cl)Cl)C(O)C(Cl)(Cl)Cl. The van der Waals surface area contributed by atoms with E-state index in [-0.39, 0.29) is 6.54 Å². The standard InChI is InChI=1S/C11H18Cl6N2O3/c1-2-3-4-5-6-19(8(21)11(15,16)17)9(22)18-7(20)10(12,13)14/h7-8,20-21H,2-6H2,1H3,(H,18,22). The minimum Gasteiger partial charge on any atom is -0.369 e. The molecule has 0 aliphatic rings. The van der Waals surface area contributed by atoms with Gasteiger partial charge in [0.25, 0.3) is 0 Å². The predicted octanol–water partition coefficient (Wildman–Crippen LogP) is 3.96. The monoisotopic (exact) mass is 436 g/mol. The zero-order chi connectivity index (χ0) is 17.6. The number of alkyl halides is 6. The third-order valence-electron chi connectivity index (χ3n) is 2.67. The van der Waals surface area contributed by atoms with Crippen molar-refractivity contribution in [2.24, 2.45) is 0 Å². The van der Waals surface area contributed by atoms with Gasteiger partial charge in [0.1, 0.15) is 0 Å². The summed E-state index contributed by atoms with van der Waals surface area (Å²) in [6.45, 7) is 2.13. The number of aliphatic hydroxyl groups is 2. The van der Waals surface area contributed by atoms with E-state index in [4.69, 9.17) is 69.6 Å². The minimum absolute atomic E-state index is 0.105. The van der Waals surface area contributed by atoms with Gasteiger partial charge >= 0.3 is 6.03 Å². The number of aliphatic hydroxyl groups excluding tert-OH is 2. The number of carbonyl (C=O) groups is 1. The number of urea groups is 1. The molecule has 0 saturated carbocycles. The second-order valence-corrected chi connectivity index (χ2v) is 9.30. The first-order chi connectivity index (χ1) is 9.91. The van der Waals surface area contributed by atoms with Gasteiger partial charge in [0, 0.05) is 6.54 Å². The predicted molar refractivity (Wildman–Crippen MR) is 92.0 cm³/mol. The number of unbranched alkanes of at least 4 members (excludes halogenated alkanes) is 3. The maximum atomic E-state index is 12.1. The lowest BCUT2D eigenvalue weighted by Crippen LogP contribution is -2.55. The highest BCUT2D eigenvalue weighted by atomic mass is 35.6. The molecule has 22 heavy (non-hydrogen) atoms. The molecule has 0 saturated heterocycles. The molecule has 2 unspecified atom stereocenters. The third kappa shape index (κ3) is 8.69. The van der Waals surface area contributed by atoms with E-state index in [1.807, 2.05) is 12.2 Å². The normalized spacial score (nSPS) is 15.3. The highest BCUT2D eigenvalue weighted by Crippen LogP contribution is 2.33. The quantitative estimate of drug-likeness (QED) is 0.320. The molecule has 0 aromatic heterocycles. The summed E-state index contributed by atoms with van der Waals surface area (Å²) in [5.74, 6) is 0. The average molecular weight is 439 g/mol. The first-order valence-corrected chi connectivity index (χ1v) is 8.74. The van der Waals surface area contributed by atoms with Gasteiger partial charge in [-0.1, -0.05) is 95.8 Å². The first-order valence-electron chi connectivity index (χ1n) is 6.48. The summed E-state index contributed by atoms with van der Waals surface area (Å²) in [4.78, 5) is 13.0. The molecule has 0 spiro atoms. The molecule has 132 valence electrons. The van der Waals surface area contributed by atoms with Crippen molar-refractivity contribution in [1.82, 2.24) is 10.2 Å². The molecule has 5 nitrogen and oxygen atoms in total. The Kier molecular flexibility index (Phi) is 10.5. The zero-order valence-corrected chi connectivity index (χ0v) is 16.2. The summed E-state index contributed by atoms with van der Waals surface area (Å²) >= 11 is 33.2. The van der Waals surface area contributed by atoms with Crippen molar-refractivity contribution in [3.63, 3.8) is 0 Å². The van der Waals surface area contributed by atoms with E-state index in [9.17, 15) is 15.0 Å². The Labute approximate surface area is 159 Å². The lowest BCUT2D eigenvalue weighted by Gasteiger charge is -2.33. The Morgan fingerprint density at radius 3 is 2.00 bits per heavy atom. The van der Waals surface area contributed by atoms with Crippen LogP contribution >= 0.6 is 69.6 Å². The molecule has 3 N–H and O–H groups in total. The third-order valence-corrected chi connectivity index (χ3v) is 3.88. The lowest BCUT2D eigenvalue weighted by molar-refractivity contribution is 0.0257. The topological polar surface area (TPSA) is 72.8 Å². The van der Waals surface area contributed by atoms with Gasteiger partial charge in [-0.3, -0.25) is 4.90 Å². The van der Waals surface area contributed by atoms with Crippen LogP contribution in [0, 0.1) is 0 Å². The average Bonchev–Trinajstić information content (AvgIpc) is 2.35. The molecule has 2 atom stereocenters. The summed E-state index contributed by atoms with van der Waals surface area (Å²) < 4.78 is -4.25. The van der Waals surface area contributed by atoms with Crippen LogP contribution in [0.5, 0.6) is 0 Å². The summed E-state index contributed by atoms with van der Waals surface area (Å²) in [5.41, 5.74) is 0. The van der Waals surface area contributed by atoms with E-state index >= 15 is 0 Å². The van der Waals surface area contributed by atoms with Crippen molar-refractivity contribution in [1.29, 1.82) is 0 Å². The number of nitrogens with one attached hydrogen (secondary N) is 1. The van der Waals surface area contributed by atoms with Crippen molar-refractivity contribution < 1.29 is 15.0 Å². The Morgan fingerprint density at radius 1 is 1.05 bits per heavy atom. The van der Waals surface area contributed by atoms with Gasteiger partial charge in [0.15, 0.2) is 12.5 Å². The van der Waals surface area contributed by atoms with Crippen molar-refractivity contribution >= 4 is 75.6 Å². The van der Waals surface area contributed by atoms with E-state index in [1.54, 1.807) is 0 Å². The summed E-state index contributed by atoms with van der Waals surface area (Å²) in [6, 6.07) is -0.922. The molecule has 0 rings (SSSR count). The Hall–Kier alpha value is 0.930. The number of rotatable bonds is 7. The van der Waals surface area contributed by atoms with Crippen LogP contribution in [0.3, 0.4) is 0 Å².